The van der Waals surface area contributed by atoms with Crippen LogP contribution in [0.2, 0.25) is 0 Å². The van der Waals surface area contributed by atoms with Gasteiger partial charge in [-0.1, -0.05) is 6.07 Å². The number of carbonyl (C=O) groups excluding carboxylic acids is 1. The first-order valence-corrected chi connectivity index (χ1v) is 5.12. The van der Waals surface area contributed by atoms with Crippen molar-refractivity contribution in [2.75, 3.05) is 6.54 Å². The van der Waals surface area contributed by atoms with Gasteiger partial charge in [-0.2, -0.15) is 0 Å². The van der Waals surface area contributed by atoms with Gasteiger partial charge in [-0.15, -0.1) is 0 Å². The molecule has 2 nitrogen and oxygen atoms in total. The quantitative estimate of drug-likeness (QED) is 0.637. The summed E-state index contributed by atoms with van der Waals surface area (Å²) in [5.74, 6) is -0.178. The van der Waals surface area contributed by atoms with E-state index >= 15 is 0 Å². The second-order valence-corrected chi connectivity index (χ2v) is 4.01. The highest BCUT2D eigenvalue weighted by atomic mass is 19.1. The minimum Gasteiger partial charge on any atom is -0.338 e. The van der Waals surface area contributed by atoms with Crippen molar-refractivity contribution in [3.8, 4) is 0 Å². The van der Waals surface area contributed by atoms with Gasteiger partial charge >= 0.3 is 0 Å². The highest BCUT2D eigenvalue weighted by Gasteiger charge is 2.21. The largest absolute Gasteiger partial charge is 0.338 e. The van der Waals surface area contributed by atoms with E-state index in [1.807, 2.05) is 6.92 Å². The number of hydrogen-bond donors (Lipinski definition) is 0. The Hall–Kier alpha value is -1.38. The zero-order chi connectivity index (χ0) is 11.0. The molecule has 0 radical (unpaired) electrons. The van der Waals surface area contributed by atoms with E-state index in [0.29, 0.717) is 18.7 Å². The fourth-order valence-electron chi connectivity index (χ4n) is 2.09. The molecule has 0 saturated carbocycles. The Morgan fingerprint density at radius 1 is 1.40 bits per heavy atom. The van der Waals surface area contributed by atoms with Gasteiger partial charge in [0.1, 0.15) is 5.82 Å². The van der Waals surface area contributed by atoms with Crippen molar-refractivity contribution in [3.05, 3.63) is 34.6 Å². The molecular weight excluding hydrogens is 193 g/mol. The Bertz CT molecular complexity index is 414. The number of aryl methyl sites for hydroxylation is 1. The number of halogens is 1. The van der Waals surface area contributed by atoms with E-state index in [1.165, 1.54) is 13.0 Å². The molecule has 1 aromatic rings. The minimum absolute atomic E-state index is 0.0153. The van der Waals surface area contributed by atoms with Crippen molar-refractivity contribution >= 4 is 5.91 Å². The number of hydrogen-bond acceptors (Lipinski definition) is 1. The predicted molar refractivity (Wildman–Crippen MR) is 55.9 cm³/mol. The molecule has 0 unspecified atom stereocenters. The first kappa shape index (κ1) is 10.1. The van der Waals surface area contributed by atoms with Gasteiger partial charge in [0.15, 0.2) is 0 Å². The third-order valence-corrected chi connectivity index (χ3v) is 3.03. The lowest BCUT2D eigenvalue weighted by Crippen LogP contribution is -2.35. The van der Waals surface area contributed by atoms with Crippen LogP contribution in [0.3, 0.4) is 0 Å². The van der Waals surface area contributed by atoms with Gasteiger partial charge < -0.3 is 4.90 Å². The lowest BCUT2D eigenvalue weighted by molar-refractivity contribution is -0.129. The molecule has 0 fully saturated rings. The summed E-state index contributed by atoms with van der Waals surface area (Å²) in [5.41, 5.74) is 2.89. The molecule has 0 N–H and O–H groups in total. The SMILES string of the molecule is CC(=O)N1CCc2c(C)ccc(F)c2C1. The van der Waals surface area contributed by atoms with Crippen molar-refractivity contribution in [1.29, 1.82) is 0 Å². The van der Waals surface area contributed by atoms with Gasteiger partial charge in [0, 0.05) is 25.6 Å². The standard InChI is InChI=1S/C12H14FNO/c1-8-3-4-12(13)11-7-14(9(2)15)6-5-10(8)11/h3-4H,5-7H2,1-2H3. The molecular formula is C12H14FNO. The number of carbonyl (C=O) groups is 1. The molecule has 0 spiro atoms. The number of benzene rings is 1. The van der Waals surface area contributed by atoms with Crippen LogP contribution in [-0.4, -0.2) is 17.4 Å². The zero-order valence-electron chi connectivity index (χ0n) is 9.01. The van der Waals surface area contributed by atoms with Gasteiger partial charge in [-0.25, -0.2) is 4.39 Å². The van der Waals surface area contributed by atoms with Crippen molar-refractivity contribution in [2.45, 2.75) is 26.8 Å². The second kappa shape index (κ2) is 3.65. The van der Waals surface area contributed by atoms with Crippen molar-refractivity contribution in [2.24, 2.45) is 0 Å². The summed E-state index contributed by atoms with van der Waals surface area (Å²) in [7, 11) is 0. The summed E-state index contributed by atoms with van der Waals surface area (Å²) in [6.07, 6.45) is 0.762. The molecule has 0 aromatic heterocycles. The van der Waals surface area contributed by atoms with E-state index in [0.717, 1.165) is 17.5 Å². The summed E-state index contributed by atoms with van der Waals surface area (Å²) < 4.78 is 13.6. The van der Waals surface area contributed by atoms with Crippen LogP contribution in [-0.2, 0) is 17.8 Å². The predicted octanol–water partition coefficient (Wildman–Crippen LogP) is 2.04. The van der Waals surface area contributed by atoms with Crippen molar-refractivity contribution in [1.82, 2.24) is 4.90 Å². The monoisotopic (exact) mass is 207 g/mol. The molecule has 1 heterocycles. The van der Waals surface area contributed by atoms with E-state index in [9.17, 15) is 9.18 Å². The second-order valence-electron chi connectivity index (χ2n) is 4.01. The Morgan fingerprint density at radius 3 is 2.80 bits per heavy atom. The molecule has 3 heteroatoms. The lowest BCUT2D eigenvalue weighted by Gasteiger charge is -2.29. The maximum Gasteiger partial charge on any atom is 0.219 e. The fraction of sp³-hybridized carbons (Fsp3) is 0.417. The Morgan fingerprint density at radius 2 is 2.13 bits per heavy atom. The Labute approximate surface area is 88.7 Å². The number of amides is 1. The molecule has 0 bridgehead atoms. The molecule has 0 atom stereocenters. The van der Waals surface area contributed by atoms with Crippen molar-refractivity contribution in [3.63, 3.8) is 0 Å². The van der Waals surface area contributed by atoms with Gasteiger partial charge in [0.25, 0.3) is 0 Å². The maximum atomic E-state index is 13.6. The highest BCUT2D eigenvalue weighted by Crippen LogP contribution is 2.24. The smallest absolute Gasteiger partial charge is 0.219 e. The number of fused-ring (bicyclic) bond motifs is 1. The molecule has 15 heavy (non-hydrogen) atoms. The van der Waals surface area contributed by atoms with Crippen LogP contribution in [0.25, 0.3) is 0 Å². The first-order chi connectivity index (χ1) is 7.09. The van der Waals surface area contributed by atoms with Crippen LogP contribution in [0.5, 0.6) is 0 Å². The molecule has 1 aliphatic rings. The van der Waals surface area contributed by atoms with Crippen LogP contribution in [0.1, 0.15) is 23.6 Å². The summed E-state index contributed by atoms with van der Waals surface area (Å²) in [6, 6.07) is 3.29. The van der Waals surface area contributed by atoms with Crippen LogP contribution in [0, 0.1) is 12.7 Å². The minimum atomic E-state index is -0.193. The molecule has 0 saturated heterocycles. The average Bonchev–Trinajstić information content (AvgIpc) is 2.23. The maximum absolute atomic E-state index is 13.6. The van der Waals surface area contributed by atoms with E-state index in [1.54, 1.807) is 11.0 Å². The van der Waals surface area contributed by atoms with Crippen LogP contribution >= 0.6 is 0 Å². The third-order valence-electron chi connectivity index (χ3n) is 3.03. The highest BCUT2D eigenvalue weighted by molar-refractivity contribution is 5.73. The third kappa shape index (κ3) is 1.74. The summed E-state index contributed by atoms with van der Waals surface area (Å²) in [6.45, 7) is 4.63. The normalized spacial score (nSPS) is 15.0. The molecule has 80 valence electrons. The summed E-state index contributed by atoms with van der Waals surface area (Å²) in [5, 5.41) is 0. The van der Waals surface area contributed by atoms with E-state index < -0.39 is 0 Å². The summed E-state index contributed by atoms with van der Waals surface area (Å²) in [4.78, 5) is 12.9. The molecule has 2 rings (SSSR count). The van der Waals surface area contributed by atoms with Gasteiger partial charge in [0.2, 0.25) is 5.91 Å². The molecule has 1 aliphatic heterocycles. The van der Waals surface area contributed by atoms with E-state index in [2.05, 4.69) is 0 Å². The zero-order valence-corrected chi connectivity index (χ0v) is 9.01. The molecule has 1 aromatic carbocycles. The Balaban J connectivity index is 2.41. The average molecular weight is 207 g/mol. The topological polar surface area (TPSA) is 20.3 Å². The molecule has 1 amide bonds. The number of rotatable bonds is 0. The van der Waals surface area contributed by atoms with Gasteiger partial charge in [0.05, 0.1) is 0 Å². The van der Waals surface area contributed by atoms with Gasteiger partial charge in [-0.05, 0) is 30.5 Å². The summed E-state index contributed by atoms with van der Waals surface area (Å²) >= 11 is 0. The Kier molecular flexibility index (Phi) is 2.47. The van der Waals surface area contributed by atoms with Crippen LogP contribution < -0.4 is 0 Å². The number of nitrogens with zero attached hydrogens (tertiary/aromatic N) is 1. The molecule has 0 aliphatic carbocycles. The van der Waals surface area contributed by atoms with Crippen LogP contribution in [0.4, 0.5) is 4.39 Å². The van der Waals surface area contributed by atoms with Gasteiger partial charge in [-0.3, -0.25) is 4.79 Å². The van der Waals surface area contributed by atoms with Crippen LogP contribution in [0.15, 0.2) is 12.1 Å². The first-order valence-electron chi connectivity index (χ1n) is 5.12. The fourth-order valence-corrected chi connectivity index (χ4v) is 2.09. The van der Waals surface area contributed by atoms with Crippen molar-refractivity contribution < 1.29 is 9.18 Å². The van der Waals surface area contributed by atoms with E-state index in [-0.39, 0.29) is 11.7 Å². The van der Waals surface area contributed by atoms with E-state index in [4.69, 9.17) is 0 Å². The lowest BCUT2D eigenvalue weighted by atomic mass is 9.95.